The van der Waals surface area contributed by atoms with Crippen LogP contribution >= 0.6 is 11.6 Å². The van der Waals surface area contributed by atoms with Crippen molar-refractivity contribution in [2.45, 2.75) is 19.9 Å². The van der Waals surface area contributed by atoms with Gasteiger partial charge in [0, 0.05) is 23.8 Å². The second-order valence-electron chi connectivity index (χ2n) is 4.82. The third-order valence-electron chi connectivity index (χ3n) is 3.06. The number of likely N-dealkylation sites (N-methyl/N-ethyl adjacent to an activating group) is 1. The third kappa shape index (κ3) is 4.31. The van der Waals surface area contributed by atoms with Crippen molar-refractivity contribution in [1.82, 2.24) is 20.4 Å². The van der Waals surface area contributed by atoms with Crippen LogP contribution in [0, 0.1) is 0 Å². The molecule has 6 heteroatoms. The van der Waals surface area contributed by atoms with E-state index in [9.17, 15) is 4.79 Å². The lowest BCUT2D eigenvalue weighted by Gasteiger charge is -2.12. The first-order valence-corrected chi connectivity index (χ1v) is 7.30. The summed E-state index contributed by atoms with van der Waals surface area (Å²) in [5.41, 5.74) is 1.40. The molecule has 0 saturated heterocycles. The first kappa shape index (κ1) is 15.5. The van der Waals surface area contributed by atoms with E-state index in [0.29, 0.717) is 17.1 Å². The smallest absolute Gasteiger partial charge is 0.254 e. The molecule has 0 spiro atoms. The Kier molecular flexibility index (Phi) is 5.36. The molecule has 112 valence electrons. The van der Waals surface area contributed by atoms with Crippen LogP contribution in [0.15, 0.2) is 36.7 Å². The maximum atomic E-state index is 12.0. The summed E-state index contributed by atoms with van der Waals surface area (Å²) >= 11 is 5.85. The van der Waals surface area contributed by atoms with Gasteiger partial charge in [-0.3, -0.25) is 4.79 Å². The minimum atomic E-state index is -0.125. The quantitative estimate of drug-likeness (QED) is 0.860. The maximum Gasteiger partial charge on any atom is 0.254 e. The Morgan fingerprint density at radius 2 is 2.10 bits per heavy atom. The summed E-state index contributed by atoms with van der Waals surface area (Å²) in [7, 11) is 0. The van der Waals surface area contributed by atoms with Crippen LogP contribution in [0.25, 0.3) is 5.69 Å². The van der Waals surface area contributed by atoms with Crippen molar-refractivity contribution < 1.29 is 4.79 Å². The first-order chi connectivity index (χ1) is 10.1. The lowest BCUT2D eigenvalue weighted by molar-refractivity contribution is 0.0950. The monoisotopic (exact) mass is 306 g/mol. The number of rotatable bonds is 6. The number of halogens is 1. The van der Waals surface area contributed by atoms with E-state index in [1.54, 1.807) is 29.2 Å². The first-order valence-electron chi connectivity index (χ1n) is 6.92. The Morgan fingerprint density at radius 1 is 1.38 bits per heavy atom. The average Bonchev–Trinajstić information content (AvgIpc) is 2.96. The maximum absolute atomic E-state index is 12.0. The van der Waals surface area contributed by atoms with E-state index in [1.165, 1.54) is 0 Å². The molecule has 2 rings (SSSR count). The number of benzene rings is 1. The van der Waals surface area contributed by atoms with Gasteiger partial charge < -0.3 is 10.6 Å². The summed E-state index contributed by atoms with van der Waals surface area (Å²) in [6.45, 7) is 5.53. The Hall–Kier alpha value is -1.85. The summed E-state index contributed by atoms with van der Waals surface area (Å²) in [5, 5.41) is 11.0. The van der Waals surface area contributed by atoms with E-state index in [0.717, 1.165) is 12.2 Å². The average molecular weight is 307 g/mol. The van der Waals surface area contributed by atoms with Crippen molar-refractivity contribution in [3.63, 3.8) is 0 Å². The molecule has 0 unspecified atom stereocenters. The summed E-state index contributed by atoms with van der Waals surface area (Å²) in [5.74, 6) is -0.125. The fourth-order valence-electron chi connectivity index (χ4n) is 1.94. The molecule has 0 bridgehead atoms. The van der Waals surface area contributed by atoms with Crippen molar-refractivity contribution in [3.05, 3.63) is 47.2 Å². The van der Waals surface area contributed by atoms with Crippen LogP contribution in [0.2, 0.25) is 5.02 Å². The highest BCUT2D eigenvalue weighted by atomic mass is 35.5. The zero-order valence-corrected chi connectivity index (χ0v) is 12.9. The molecule has 0 aliphatic heterocycles. The summed E-state index contributed by atoms with van der Waals surface area (Å²) in [6.07, 6.45) is 3.26. The normalized spacial score (nSPS) is 12.1. The van der Waals surface area contributed by atoms with Crippen molar-refractivity contribution in [2.24, 2.45) is 0 Å². The fraction of sp³-hybridized carbons (Fsp3) is 0.333. The number of hydrogen-bond donors (Lipinski definition) is 2. The molecule has 21 heavy (non-hydrogen) atoms. The van der Waals surface area contributed by atoms with Gasteiger partial charge in [0.1, 0.15) is 0 Å². The van der Waals surface area contributed by atoms with E-state index < -0.39 is 0 Å². The summed E-state index contributed by atoms with van der Waals surface area (Å²) in [6, 6.07) is 7.52. The molecule has 0 radical (unpaired) electrons. The van der Waals surface area contributed by atoms with Gasteiger partial charge in [0.2, 0.25) is 0 Å². The number of nitrogens with one attached hydrogen (secondary N) is 2. The molecule has 0 fully saturated rings. The molecule has 1 amide bonds. The van der Waals surface area contributed by atoms with Gasteiger partial charge in [-0.25, -0.2) is 4.68 Å². The van der Waals surface area contributed by atoms with Crippen LogP contribution < -0.4 is 10.6 Å². The molecular weight excluding hydrogens is 288 g/mol. The molecule has 0 aliphatic carbocycles. The van der Waals surface area contributed by atoms with E-state index in [2.05, 4.69) is 15.7 Å². The number of aromatic nitrogens is 2. The number of hydrogen-bond acceptors (Lipinski definition) is 3. The largest absolute Gasteiger partial charge is 0.350 e. The second kappa shape index (κ2) is 7.24. The van der Waals surface area contributed by atoms with Gasteiger partial charge in [0.25, 0.3) is 5.91 Å². The predicted octanol–water partition coefficient (Wildman–Crippen LogP) is 2.25. The van der Waals surface area contributed by atoms with E-state index in [1.807, 2.05) is 26.0 Å². The fourth-order valence-corrected chi connectivity index (χ4v) is 2.07. The van der Waals surface area contributed by atoms with Crippen molar-refractivity contribution >= 4 is 17.5 Å². The highest BCUT2D eigenvalue weighted by Gasteiger charge is 2.10. The van der Waals surface area contributed by atoms with Crippen LogP contribution in [0.3, 0.4) is 0 Å². The number of nitrogens with zero attached hydrogens (tertiary/aromatic N) is 2. The minimum Gasteiger partial charge on any atom is -0.350 e. The standard InChI is InChI=1S/C15H19ClN4O/c1-3-17-11(2)8-18-15(21)12-9-19-20(10-12)14-6-4-13(16)5-7-14/h4-7,9-11,17H,3,8H2,1-2H3,(H,18,21)/t11-/m1/s1. The Labute approximate surface area is 129 Å². The molecular formula is C15H19ClN4O. The van der Waals surface area contributed by atoms with E-state index in [-0.39, 0.29) is 11.9 Å². The number of carbonyl (C=O) groups excluding carboxylic acids is 1. The highest BCUT2D eigenvalue weighted by Crippen LogP contribution is 2.13. The molecule has 2 N–H and O–H groups in total. The molecule has 0 aliphatic rings. The molecule has 2 aromatic rings. The third-order valence-corrected chi connectivity index (χ3v) is 3.31. The van der Waals surface area contributed by atoms with Crippen LogP contribution in [0.5, 0.6) is 0 Å². The Morgan fingerprint density at radius 3 is 2.76 bits per heavy atom. The lowest BCUT2D eigenvalue weighted by atomic mass is 10.3. The van der Waals surface area contributed by atoms with Crippen molar-refractivity contribution in [3.8, 4) is 5.69 Å². The molecule has 1 atom stereocenters. The van der Waals surface area contributed by atoms with Crippen LogP contribution in [-0.4, -0.2) is 34.8 Å². The topological polar surface area (TPSA) is 58.9 Å². The molecule has 5 nitrogen and oxygen atoms in total. The van der Waals surface area contributed by atoms with Gasteiger partial charge in [-0.05, 0) is 37.7 Å². The second-order valence-corrected chi connectivity index (χ2v) is 5.26. The SMILES string of the molecule is CCN[C@H](C)CNC(=O)c1cnn(-c2ccc(Cl)cc2)c1. The van der Waals surface area contributed by atoms with Gasteiger partial charge in [0.15, 0.2) is 0 Å². The molecule has 0 saturated carbocycles. The van der Waals surface area contributed by atoms with Crippen LogP contribution in [-0.2, 0) is 0 Å². The van der Waals surface area contributed by atoms with Gasteiger partial charge in [-0.1, -0.05) is 18.5 Å². The lowest BCUT2D eigenvalue weighted by Crippen LogP contribution is -2.38. The van der Waals surface area contributed by atoms with Crippen LogP contribution in [0.1, 0.15) is 24.2 Å². The Bertz CT molecular complexity index is 594. The number of carbonyl (C=O) groups is 1. The Balaban J connectivity index is 1.99. The van der Waals surface area contributed by atoms with Gasteiger partial charge in [-0.2, -0.15) is 5.10 Å². The molecule has 1 heterocycles. The summed E-state index contributed by atoms with van der Waals surface area (Å²) in [4.78, 5) is 12.0. The zero-order chi connectivity index (χ0) is 15.2. The van der Waals surface area contributed by atoms with E-state index in [4.69, 9.17) is 11.6 Å². The number of amides is 1. The van der Waals surface area contributed by atoms with Crippen molar-refractivity contribution in [2.75, 3.05) is 13.1 Å². The van der Waals surface area contributed by atoms with Gasteiger partial charge >= 0.3 is 0 Å². The molecule has 1 aromatic carbocycles. The minimum absolute atomic E-state index is 0.125. The van der Waals surface area contributed by atoms with E-state index >= 15 is 0 Å². The molecule has 1 aromatic heterocycles. The summed E-state index contributed by atoms with van der Waals surface area (Å²) < 4.78 is 1.65. The van der Waals surface area contributed by atoms with Crippen LogP contribution in [0.4, 0.5) is 0 Å². The zero-order valence-electron chi connectivity index (χ0n) is 12.1. The van der Waals surface area contributed by atoms with Crippen molar-refractivity contribution in [1.29, 1.82) is 0 Å². The van der Waals surface area contributed by atoms with Gasteiger partial charge in [-0.15, -0.1) is 0 Å². The van der Waals surface area contributed by atoms with Gasteiger partial charge in [0.05, 0.1) is 17.4 Å². The highest BCUT2D eigenvalue weighted by molar-refractivity contribution is 6.30. The predicted molar refractivity (Wildman–Crippen MR) is 84.0 cm³/mol.